The van der Waals surface area contributed by atoms with Gasteiger partial charge in [-0.3, -0.25) is 0 Å². The smallest absolute Gasteiger partial charge is 0.812 e. The van der Waals surface area contributed by atoms with Gasteiger partial charge in [-0.2, -0.15) is 0 Å². The minimum absolute atomic E-state index is 0. The summed E-state index contributed by atoms with van der Waals surface area (Å²) in [6, 6.07) is 0. The van der Waals surface area contributed by atoms with Crippen molar-refractivity contribution in [1.29, 1.82) is 5.26 Å². The Morgan fingerprint density at radius 1 is 1.60 bits per heavy atom. The first kappa shape index (κ1) is 16.8. The van der Waals surface area contributed by atoms with Crippen LogP contribution in [0.5, 0.6) is 0 Å². The SMILES string of the molecule is N#C[O-].[Na+].[Zn]. The Labute approximate surface area is 65.2 Å². The predicted molar refractivity (Wildman–Crippen MR) is 5.61 cm³/mol. The van der Waals surface area contributed by atoms with E-state index in [4.69, 9.17) is 10.4 Å². The van der Waals surface area contributed by atoms with Gasteiger partial charge >= 0.3 is 29.6 Å². The van der Waals surface area contributed by atoms with Gasteiger partial charge in [0.15, 0.2) is 0 Å². The minimum Gasteiger partial charge on any atom is -0.812 e. The van der Waals surface area contributed by atoms with Crippen LogP contribution in [-0.4, -0.2) is 0 Å². The van der Waals surface area contributed by atoms with Crippen molar-refractivity contribution in [2.24, 2.45) is 0 Å². The van der Waals surface area contributed by atoms with E-state index in [0.29, 0.717) is 6.26 Å². The van der Waals surface area contributed by atoms with E-state index in [0.717, 1.165) is 0 Å². The largest absolute Gasteiger partial charge is 1.00 e. The van der Waals surface area contributed by atoms with Crippen LogP contribution < -0.4 is 34.7 Å². The van der Waals surface area contributed by atoms with Crippen molar-refractivity contribution in [2.75, 3.05) is 0 Å². The quantitative estimate of drug-likeness (QED) is 0.247. The molecule has 18 valence electrons. The van der Waals surface area contributed by atoms with E-state index in [1.54, 1.807) is 0 Å². The Kier molecular flexibility index (Phi) is 69.1. The fourth-order valence-electron chi connectivity index (χ4n) is 0. The molecule has 0 spiro atoms. The van der Waals surface area contributed by atoms with Crippen molar-refractivity contribution in [2.45, 2.75) is 0 Å². The summed E-state index contributed by atoms with van der Waals surface area (Å²) in [7, 11) is 0. The first-order chi connectivity index (χ1) is 1.41. The zero-order valence-corrected chi connectivity index (χ0v) is 8.03. The van der Waals surface area contributed by atoms with E-state index in [2.05, 4.69) is 0 Å². The second kappa shape index (κ2) is 20.6. The van der Waals surface area contributed by atoms with Gasteiger partial charge in [-0.15, -0.1) is 0 Å². The molecular formula is CNNaOZn. The third-order valence-corrected chi connectivity index (χ3v) is 0. The summed E-state index contributed by atoms with van der Waals surface area (Å²) < 4.78 is 0. The Bertz CT molecular complexity index is 33.1. The van der Waals surface area contributed by atoms with Crippen LogP contribution in [0, 0.1) is 11.5 Å². The average molecular weight is 130 g/mol. The van der Waals surface area contributed by atoms with E-state index in [9.17, 15) is 0 Å². The van der Waals surface area contributed by atoms with Crippen LogP contribution in [-0.2, 0) is 19.5 Å². The summed E-state index contributed by atoms with van der Waals surface area (Å²) in [6.07, 6.45) is 0.500. The monoisotopic (exact) mass is 129 g/mol. The number of hydrogen-bond donors (Lipinski definition) is 0. The molecule has 0 aliphatic rings. The number of hydrogen-bond acceptors (Lipinski definition) is 2. The molecule has 2 nitrogen and oxygen atoms in total. The summed E-state index contributed by atoms with van der Waals surface area (Å²) in [5.41, 5.74) is 0. The second-order valence-corrected chi connectivity index (χ2v) is 0.0913. The minimum atomic E-state index is 0. The van der Waals surface area contributed by atoms with E-state index >= 15 is 0 Å². The molecule has 0 radical (unpaired) electrons. The molecule has 0 heterocycles. The van der Waals surface area contributed by atoms with E-state index in [1.165, 1.54) is 0 Å². The van der Waals surface area contributed by atoms with Crippen molar-refractivity contribution in [1.82, 2.24) is 0 Å². The average Bonchev–Trinajstić information content (AvgIpc) is 0.918. The van der Waals surface area contributed by atoms with Gasteiger partial charge in [0.1, 0.15) is 0 Å². The Morgan fingerprint density at radius 3 is 1.60 bits per heavy atom. The van der Waals surface area contributed by atoms with Crippen LogP contribution in [0.3, 0.4) is 0 Å². The van der Waals surface area contributed by atoms with Crippen molar-refractivity contribution < 1.29 is 54.1 Å². The normalized spacial score (nSPS) is 1.40. The first-order valence-corrected chi connectivity index (χ1v) is 0.428. The molecule has 0 saturated heterocycles. The van der Waals surface area contributed by atoms with E-state index < -0.39 is 0 Å². The standard InChI is InChI=1S/CHNO.Na.Zn/c2-1-3;;/h3H;;/q;+1;/p-1. The molecule has 4 heteroatoms. The fourth-order valence-corrected chi connectivity index (χ4v) is 0. The Balaban J connectivity index is -0.0000000200. The Hall–Kier alpha value is 0.913. The molecular weight excluding hydrogens is 130 g/mol. The van der Waals surface area contributed by atoms with Gasteiger partial charge < -0.3 is 5.11 Å². The molecule has 0 bridgehead atoms. The molecule has 0 aliphatic heterocycles. The van der Waals surface area contributed by atoms with Gasteiger partial charge in [0.05, 0.1) is 0 Å². The van der Waals surface area contributed by atoms with Crippen LogP contribution in [0.2, 0.25) is 0 Å². The molecule has 0 amide bonds. The van der Waals surface area contributed by atoms with Gasteiger partial charge in [0, 0.05) is 25.7 Å². The molecule has 0 aliphatic carbocycles. The molecule has 0 fully saturated rings. The molecule has 0 unspecified atom stereocenters. The van der Waals surface area contributed by atoms with Crippen LogP contribution in [0.25, 0.3) is 0 Å². The number of nitrogens with zero attached hydrogens (tertiary/aromatic N) is 1. The van der Waals surface area contributed by atoms with Crippen molar-refractivity contribution in [3.05, 3.63) is 0 Å². The molecule has 0 aromatic heterocycles. The predicted octanol–water partition coefficient (Wildman–Crippen LogP) is -4.17. The third kappa shape index (κ3) is 50.0. The summed E-state index contributed by atoms with van der Waals surface area (Å²) in [5, 5.41) is 15.0. The molecule has 0 atom stereocenters. The molecule has 0 N–H and O–H groups in total. The first-order valence-electron chi connectivity index (χ1n) is 0.428. The van der Waals surface area contributed by atoms with Gasteiger partial charge in [0.25, 0.3) is 0 Å². The number of nitriles is 1. The molecule has 5 heavy (non-hydrogen) atoms. The zero-order chi connectivity index (χ0) is 2.71. The van der Waals surface area contributed by atoms with Crippen LogP contribution in [0.1, 0.15) is 0 Å². The van der Waals surface area contributed by atoms with E-state index in [-0.39, 0.29) is 49.0 Å². The van der Waals surface area contributed by atoms with Crippen LogP contribution in [0.4, 0.5) is 0 Å². The maximum absolute atomic E-state index is 8.24. The van der Waals surface area contributed by atoms with Crippen molar-refractivity contribution in [3.8, 4) is 6.26 Å². The summed E-state index contributed by atoms with van der Waals surface area (Å²) in [4.78, 5) is 0. The van der Waals surface area contributed by atoms with Gasteiger partial charge in [-0.1, -0.05) is 0 Å². The molecule has 0 saturated carbocycles. The van der Waals surface area contributed by atoms with E-state index in [1.807, 2.05) is 0 Å². The zero-order valence-electron chi connectivity index (χ0n) is 3.06. The number of rotatable bonds is 0. The maximum Gasteiger partial charge on any atom is 1.00 e. The summed E-state index contributed by atoms with van der Waals surface area (Å²) in [6.45, 7) is 0. The van der Waals surface area contributed by atoms with Crippen molar-refractivity contribution >= 4 is 0 Å². The van der Waals surface area contributed by atoms with Crippen LogP contribution in [0.15, 0.2) is 0 Å². The fraction of sp³-hybridized carbons (Fsp3) is 0. The molecule has 0 aromatic rings. The van der Waals surface area contributed by atoms with Gasteiger partial charge in [0.2, 0.25) is 0 Å². The summed E-state index contributed by atoms with van der Waals surface area (Å²) in [5.74, 6) is 0. The summed E-state index contributed by atoms with van der Waals surface area (Å²) >= 11 is 0. The van der Waals surface area contributed by atoms with Gasteiger partial charge in [-0.25, -0.2) is 5.26 Å². The van der Waals surface area contributed by atoms with Gasteiger partial charge in [-0.05, 0) is 0 Å². The van der Waals surface area contributed by atoms with Crippen LogP contribution >= 0.6 is 0 Å². The molecule has 0 rings (SSSR count). The maximum atomic E-state index is 8.24. The van der Waals surface area contributed by atoms with Crippen molar-refractivity contribution in [3.63, 3.8) is 0 Å². The second-order valence-electron chi connectivity index (χ2n) is 0.0913. The third-order valence-electron chi connectivity index (χ3n) is 0. The topological polar surface area (TPSA) is 46.8 Å². The molecule has 0 aromatic carbocycles. The Morgan fingerprint density at radius 2 is 1.60 bits per heavy atom.